The Kier molecular flexibility index (Phi) is 2.60. The summed E-state index contributed by atoms with van der Waals surface area (Å²) in [5.41, 5.74) is 14.8. The molecule has 3 rings (SSSR count). The fourth-order valence-electron chi connectivity index (χ4n) is 3.51. The molecule has 1 aliphatic rings. The number of hydrogen-bond acceptors (Lipinski definition) is 0. The fourth-order valence-corrected chi connectivity index (χ4v) is 3.51. The van der Waals surface area contributed by atoms with Gasteiger partial charge in [0, 0.05) is 0 Å². The highest BCUT2D eigenvalue weighted by Gasteiger charge is 2.24. The summed E-state index contributed by atoms with van der Waals surface area (Å²) in [7, 11) is 0. The second-order valence-electron chi connectivity index (χ2n) is 6.13. The monoisotopic (exact) mass is 250 g/mol. The van der Waals surface area contributed by atoms with Crippen LogP contribution in [0.5, 0.6) is 0 Å². The zero-order valence-electron chi connectivity index (χ0n) is 12.9. The van der Waals surface area contributed by atoms with Crippen LogP contribution in [0.15, 0.2) is 12.1 Å². The molecule has 0 aliphatic heterocycles. The molecule has 0 atom stereocenters. The predicted molar refractivity (Wildman–Crippen MR) is 83.1 cm³/mol. The molecule has 2 aromatic rings. The van der Waals surface area contributed by atoms with Crippen LogP contribution in [-0.2, 0) is 6.42 Å². The van der Waals surface area contributed by atoms with Gasteiger partial charge in [-0.15, -0.1) is 0 Å². The number of hydrogen-bond donors (Lipinski definition) is 0. The van der Waals surface area contributed by atoms with E-state index >= 15 is 0 Å². The smallest absolute Gasteiger partial charge is 0.00130 e. The van der Waals surface area contributed by atoms with Crippen molar-refractivity contribution in [1.29, 1.82) is 0 Å². The van der Waals surface area contributed by atoms with Gasteiger partial charge in [0.15, 0.2) is 0 Å². The average Bonchev–Trinajstić information content (AvgIpc) is 2.71. The van der Waals surface area contributed by atoms with Gasteiger partial charge in [-0.05, 0) is 104 Å². The van der Waals surface area contributed by atoms with Crippen LogP contribution in [0, 0.1) is 41.5 Å². The molecule has 0 bridgehead atoms. The van der Waals surface area contributed by atoms with Gasteiger partial charge >= 0.3 is 0 Å². The van der Waals surface area contributed by atoms with Gasteiger partial charge in [0.25, 0.3) is 0 Å². The van der Waals surface area contributed by atoms with Gasteiger partial charge in [0.05, 0.1) is 0 Å². The lowest BCUT2D eigenvalue weighted by Gasteiger charge is -2.15. The summed E-state index contributed by atoms with van der Waals surface area (Å²) in [5.74, 6) is 0. The average molecular weight is 250 g/mol. The van der Waals surface area contributed by atoms with E-state index in [9.17, 15) is 0 Å². The van der Waals surface area contributed by atoms with Crippen molar-refractivity contribution >= 4 is 0 Å². The predicted octanol–water partition coefficient (Wildman–Crippen LogP) is 5.11. The van der Waals surface area contributed by atoms with Gasteiger partial charge in [-0.2, -0.15) is 0 Å². The zero-order valence-corrected chi connectivity index (χ0v) is 12.9. The summed E-state index contributed by atoms with van der Waals surface area (Å²) in [4.78, 5) is 0. The quantitative estimate of drug-likeness (QED) is 0.520. The topological polar surface area (TPSA) is 0 Å². The highest BCUT2D eigenvalue weighted by molar-refractivity contribution is 5.84. The van der Waals surface area contributed by atoms with E-state index in [1.54, 1.807) is 0 Å². The van der Waals surface area contributed by atoms with Crippen molar-refractivity contribution < 1.29 is 0 Å². The second-order valence-corrected chi connectivity index (χ2v) is 6.13. The van der Waals surface area contributed by atoms with Gasteiger partial charge in [-0.3, -0.25) is 0 Å². The molecule has 19 heavy (non-hydrogen) atoms. The van der Waals surface area contributed by atoms with E-state index in [-0.39, 0.29) is 0 Å². The van der Waals surface area contributed by atoms with E-state index < -0.39 is 0 Å². The molecule has 0 unspecified atom stereocenters. The van der Waals surface area contributed by atoms with Crippen LogP contribution < -0.4 is 0 Å². The van der Waals surface area contributed by atoms with E-state index in [4.69, 9.17) is 0 Å². The van der Waals surface area contributed by atoms with Gasteiger partial charge in [-0.1, -0.05) is 12.1 Å². The minimum absolute atomic E-state index is 1.11. The molecule has 0 spiro atoms. The van der Waals surface area contributed by atoms with Crippen molar-refractivity contribution in [1.82, 2.24) is 0 Å². The molecule has 0 heteroatoms. The summed E-state index contributed by atoms with van der Waals surface area (Å²) in [6.07, 6.45) is 1.11. The zero-order chi connectivity index (χ0) is 13.9. The van der Waals surface area contributed by atoms with Crippen molar-refractivity contribution in [2.24, 2.45) is 0 Å². The van der Waals surface area contributed by atoms with Crippen LogP contribution in [0.2, 0.25) is 0 Å². The third-order valence-corrected chi connectivity index (χ3v) is 5.11. The molecule has 1 aliphatic carbocycles. The van der Waals surface area contributed by atoms with Gasteiger partial charge in [-0.25, -0.2) is 0 Å². The minimum Gasteiger partial charge on any atom is -0.0549 e. The molecule has 0 N–H and O–H groups in total. The lowest BCUT2D eigenvalue weighted by atomic mass is 9.89. The molecule has 0 amide bonds. The van der Waals surface area contributed by atoms with Crippen molar-refractivity contribution in [3.05, 3.63) is 56.6 Å². The Morgan fingerprint density at radius 1 is 0.579 bits per heavy atom. The SMILES string of the molecule is Cc1cc2c(c(C)c1C)-c1c(cc(C)c(C)c1C)C2. The number of fused-ring (bicyclic) bond motifs is 3. The largest absolute Gasteiger partial charge is 0.0549 e. The molecule has 0 saturated heterocycles. The van der Waals surface area contributed by atoms with E-state index in [0.717, 1.165) is 6.42 Å². The molecule has 0 fully saturated rings. The van der Waals surface area contributed by atoms with E-state index in [1.165, 1.54) is 55.6 Å². The maximum absolute atomic E-state index is 2.39. The molecule has 0 heterocycles. The summed E-state index contributed by atoms with van der Waals surface area (Å²) in [6.45, 7) is 13.5. The Morgan fingerprint density at radius 3 is 1.32 bits per heavy atom. The van der Waals surface area contributed by atoms with Gasteiger partial charge in [0.1, 0.15) is 0 Å². The molecule has 0 radical (unpaired) electrons. The maximum atomic E-state index is 2.39. The van der Waals surface area contributed by atoms with Crippen molar-refractivity contribution in [2.75, 3.05) is 0 Å². The first-order valence-electron chi connectivity index (χ1n) is 7.11. The van der Waals surface area contributed by atoms with E-state index in [2.05, 4.69) is 53.7 Å². The summed E-state index contributed by atoms with van der Waals surface area (Å²) >= 11 is 0. The third-order valence-electron chi connectivity index (χ3n) is 5.11. The van der Waals surface area contributed by atoms with Crippen LogP contribution in [0.4, 0.5) is 0 Å². The fraction of sp³-hybridized carbons (Fsp3) is 0.368. The molecule has 0 aromatic heterocycles. The van der Waals surface area contributed by atoms with Crippen LogP contribution in [0.3, 0.4) is 0 Å². The normalized spacial score (nSPS) is 12.5. The Bertz CT molecular complexity index is 641. The molecule has 0 nitrogen and oxygen atoms in total. The molecular weight excluding hydrogens is 228 g/mol. The highest BCUT2D eigenvalue weighted by Crippen LogP contribution is 2.44. The maximum Gasteiger partial charge on any atom is -0.00130 e. The summed E-state index contributed by atoms with van der Waals surface area (Å²) < 4.78 is 0. The van der Waals surface area contributed by atoms with Gasteiger partial charge < -0.3 is 0 Å². The number of aryl methyl sites for hydroxylation is 2. The standard InChI is InChI=1S/C19H22/c1-10-7-16-9-17-8-11(2)13(4)15(6)19(17)18(16)14(5)12(10)3/h7-8H,9H2,1-6H3. The molecule has 0 saturated carbocycles. The first-order chi connectivity index (χ1) is 8.91. The van der Waals surface area contributed by atoms with E-state index in [1.807, 2.05) is 0 Å². The minimum atomic E-state index is 1.11. The lowest BCUT2D eigenvalue weighted by molar-refractivity contribution is 1.19. The Labute approximate surface area is 116 Å². The third kappa shape index (κ3) is 1.59. The molecule has 98 valence electrons. The van der Waals surface area contributed by atoms with Crippen molar-refractivity contribution in [3.63, 3.8) is 0 Å². The van der Waals surface area contributed by atoms with Gasteiger partial charge in [0.2, 0.25) is 0 Å². The summed E-state index contributed by atoms with van der Waals surface area (Å²) in [6, 6.07) is 4.78. The Balaban J connectivity index is 2.40. The Hall–Kier alpha value is -1.56. The van der Waals surface area contributed by atoms with Crippen LogP contribution >= 0.6 is 0 Å². The van der Waals surface area contributed by atoms with Crippen LogP contribution in [-0.4, -0.2) is 0 Å². The molecule has 2 aromatic carbocycles. The lowest BCUT2D eigenvalue weighted by Crippen LogP contribution is -1.95. The highest BCUT2D eigenvalue weighted by atomic mass is 14.3. The first kappa shape index (κ1) is 12.5. The van der Waals surface area contributed by atoms with Crippen molar-refractivity contribution in [2.45, 2.75) is 48.0 Å². The number of rotatable bonds is 0. The first-order valence-corrected chi connectivity index (χ1v) is 7.11. The summed E-state index contributed by atoms with van der Waals surface area (Å²) in [5, 5.41) is 0. The van der Waals surface area contributed by atoms with Crippen LogP contribution in [0.25, 0.3) is 11.1 Å². The Morgan fingerprint density at radius 2 is 0.947 bits per heavy atom. The second kappa shape index (κ2) is 3.96. The number of benzene rings is 2. The molecular formula is C19H22. The van der Waals surface area contributed by atoms with E-state index in [0.29, 0.717) is 0 Å². The van der Waals surface area contributed by atoms with Crippen LogP contribution in [0.1, 0.15) is 44.5 Å². The van der Waals surface area contributed by atoms with Crippen molar-refractivity contribution in [3.8, 4) is 11.1 Å².